The molecular formula is C24H26FN3O3S2. The fourth-order valence-electron chi connectivity index (χ4n) is 4.11. The number of aromatic nitrogens is 1. The molecule has 33 heavy (non-hydrogen) atoms. The number of thiazole rings is 1. The number of hydrogen-bond donors (Lipinski definition) is 1. The number of halogens is 1. The van der Waals surface area contributed by atoms with Gasteiger partial charge < -0.3 is 5.32 Å². The summed E-state index contributed by atoms with van der Waals surface area (Å²) in [5.74, 6) is -0.621. The van der Waals surface area contributed by atoms with Crippen LogP contribution >= 0.6 is 11.3 Å². The summed E-state index contributed by atoms with van der Waals surface area (Å²) in [7, 11) is -3.76. The van der Waals surface area contributed by atoms with Crippen molar-refractivity contribution in [1.29, 1.82) is 0 Å². The van der Waals surface area contributed by atoms with Gasteiger partial charge in [0, 0.05) is 24.7 Å². The molecule has 0 amide bonds. The van der Waals surface area contributed by atoms with Crippen LogP contribution in [0.4, 0.5) is 9.52 Å². The van der Waals surface area contributed by atoms with Gasteiger partial charge in [-0.05, 0) is 49.9 Å². The van der Waals surface area contributed by atoms with E-state index in [1.54, 1.807) is 12.3 Å². The van der Waals surface area contributed by atoms with Crippen molar-refractivity contribution in [2.45, 2.75) is 43.5 Å². The minimum atomic E-state index is -3.76. The van der Waals surface area contributed by atoms with Gasteiger partial charge in [-0.3, -0.25) is 4.79 Å². The number of hydrogen-bond acceptors (Lipinski definition) is 6. The van der Waals surface area contributed by atoms with E-state index < -0.39 is 15.8 Å². The third-order valence-corrected chi connectivity index (χ3v) is 8.75. The van der Waals surface area contributed by atoms with Gasteiger partial charge in [0.05, 0.1) is 16.0 Å². The van der Waals surface area contributed by atoms with Crippen LogP contribution in [0.25, 0.3) is 0 Å². The predicted molar refractivity (Wildman–Crippen MR) is 128 cm³/mol. The first-order valence-electron chi connectivity index (χ1n) is 10.9. The van der Waals surface area contributed by atoms with Gasteiger partial charge in [0.1, 0.15) is 5.82 Å². The van der Waals surface area contributed by atoms with Gasteiger partial charge in [-0.15, -0.1) is 0 Å². The monoisotopic (exact) mass is 487 g/mol. The van der Waals surface area contributed by atoms with Crippen molar-refractivity contribution >= 4 is 32.3 Å². The highest BCUT2D eigenvalue weighted by atomic mass is 32.2. The molecule has 1 aliphatic rings. The van der Waals surface area contributed by atoms with Crippen molar-refractivity contribution in [3.63, 3.8) is 0 Å². The van der Waals surface area contributed by atoms with E-state index in [2.05, 4.69) is 10.3 Å². The van der Waals surface area contributed by atoms with E-state index in [4.69, 9.17) is 0 Å². The molecule has 1 saturated heterocycles. The molecule has 0 bridgehead atoms. The Balaban J connectivity index is 1.40. The van der Waals surface area contributed by atoms with E-state index in [-0.39, 0.29) is 16.7 Å². The molecular weight excluding hydrogens is 461 g/mol. The number of carbonyl (C=O) groups excluding carboxylic acids is 1. The summed E-state index contributed by atoms with van der Waals surface area (Å²) in [6.07, 6.45) is 4.66. The third kappa shape index (κ3) is 5.31. The first-order chi connectivity index (χ1) is 15.9. The molecule has 1 aromatic heterocycles. The quantitative estimate of drug-likeness (QED) is 0.459. The topological polar surface area (TPSA) is 79.4 Å². The zero-order chi connectivity index (χ0) is 23.4. The molecule has 0 radical (unpaired) electrons. The van der Waals surface area contributed by atoms with Gasteiger partial charge in [-0.2, -0.15) is 4.31 Å². The molecule has 3 aromatic rings. The number of sulfonamides is 1. The standard InChI is InChI=1S/C24H26FN3O3S2/c1-17-7-2-3-11-21(17)23(29)22-16-27-24(32-22)26-13-12-19-9-4-5-14-28(19)33(30,31)20-10-6-8-18(25)15-20/h2-3,6-8,10-11,15-16,19H,4-5,9,12-14H2,1H3,(H,26,27). The summed E-state index contributed by atoms with van der Waals surface area (Å²) in [5.41, 5.74) is 1.58. The summed E-state index contributed by atoms with van der Waals surface area (Å²) in [5, 5.41) is 3.85. The lowest BCUT2D eigenvalue weighted by Crippen LogP contribution is -2.44. The average Bonchev–Trinajstić information content (AvgIpc) is 3.28. The zero-order valence-electron chi connectivity index (χ0n) is 18.3. The van der Waals surface area contributed by atoms with Crippen LogP contribution in [0, 0.1) is 12.7 Å². The van der Waals surface area contributed by atoms with Gasteiger partial charge >= 0.3 is 0 Å². The molecule has 0 aliphatic carbocycles. The van der Waals surface area contributed by atoms with E-state index in [0.29, 0.717) is 35.1 Å². The second kappa shape index (κ2) is 10.1. The normalized spacial score (nSPS) is 17.1. The fraction of sp³-hybridized carbons (Fsp3) is 0.333. The first-order valence-corrected chi connectivity index (χ1v) is 13.2. The third-order valence-electron chi connectivity index (χ3n) is 5.85. The molecule has 4 rings (SSSR count). The van der Waals surface area contributed by atoms with E-state index in [1.165, 1.54) is 33.8 Å². The smallest absolute Gasteiger partial charge is 0.243 e. The summed E-state index contributed by atoms with van der Waals surface area (Å²) in [6, 6.07) is 12.4. The maximum Gasteiger partial charge on any atom is 0.243 e. The molecule has 1 unspecified atom stereocenters. The van der Waals surface area contributed by atoms with Crippen molar-refractivity contribution in [1.82, 2.24) is 9.29 Å². The van der Waals surface area contributed by atoms with Crippen molar-refractivity contribution < 1.29 is 17.6 Å². The Morgan fingerprint density at radius 3 is 2.82 bits per heavy atom. The van der Waals surface area contributed by atoms with E-state index in [9.17, 15) is 17.6 Å². The number of piperidine rings is 1. The Labute approximate surface area is 197 Å². The second-order valence-corrected chi connectivity index (χ2v) is 11.0. The van der Waals surface area contributed by atoms with Crippen LogP contribution in [0.2, 0.25) is 0 Å². The van der Waals surface area contributed by atoms with Crippen LogP contribution < -0.4 is 5.32 Å². The molecule has 1 fully saturated rings. The molecule has 1 aliphatic heterocycles. The van der Waals surface area contributed by atoms with Crippen LogP contribution in [-0.2, 0) is 10.0 Å². The highest BCUT2D eigenvalue weighted by Crippen LogP contribution is 2.28. The molecule has 2 aromatic carbocycles. The Hall–Kier alpha value is -2.62. The fourth-order valence-corrected chi connectivity index (χ4v) is 6.66. The SMILES string of the molecule is Cc1ccccc1C(=O)c1cnc(NCCC2CCCCN2S(=O)(=O)c2cccc(F)c2)s1. The molecule has 2 heterocycles. The Kier molecular flexibility index (Phi) is 7.21. The van der Waals surface area contributed by atoms with E-state index in [0.717, 1.165) is 30.9 Å². The van der Waals surface area contributed by atoms with Gasteiger partial charge in [-0.25, -0.2) is 17.8 Å². The lowest BCUT2D eigenvalue weighted by molar-refractivity contribution is 0.104. The highest BCUT2D eigenvalue weighted by molar-refractivity contribution is 7.89. The maximum atomic E-state index is 13.6. The van der Waals surface area contributed by atoms with Crippen LogP contribution in [0.15, 0.2) is 59.6 Å². The minimum Gasteiger partial charge on any atom is -0.361 e. The highest BCUT2D eigenvalue weighted by Gasteiger charge is 2.33. The van der Waals surface area contributed by atoms with Crippen LogP contribution in [-0.4, -0.2) is 42.6 Å². The van der Waals surface area contributed by atoms with Gasteiger partial charge in [0.15, 0.2) is 5.13 Å². The van der Waals surface area contributed by atoms with E-state index >= 15 is 0 Å². The number of anilines is 1. The molecule has 0 saturated carbocycles. The van der Waals surface area contributed by atoms with Crippen molar-refractivity contribution in [2.24, 2.45) is 0 Å². The van der Waals surface area contributed by atoms with Gasteiger partial charge in [0.25, 0.3) is 0 Å². The number of rotatable bonds is 8. The average molecular weight is 488 g/mol. The van der Waals surface area contributed by atoms with Crippen LogP contribution in [0.5, 0.6) is 0 Å². The number of nitrogens with one attached hydrogen (secondary N) is 1. The lowest BCUT2D eigenvalue weighted by Gasteiger charge is -2.34. The van der Waals surface area contributed by atoms with Gasteiger partial charge in [-0.1, -0.05) is 48.1 Å². The summed E-state index contributed by atoms with van der Waals surface area (Å²) >= 11 is 1.29. The predicted octanol–water partition coefficient (Wildman–Crippen LogP) is 4.87. The first kappa shape index (κ1) is 23.5. The number of ketones is 1. The Morgan fingerprint density at radius 2 is 2.03 bits per heavy atom. The van der Waals surface area contributed by atoms with Crippen LogP contribution in [0.3, 0.4) is 0 Å². The largest absolute Gasteiger partial charge is 0.361 e. The summed E-state index contributed by atoms with van der Waals surface area (Å²) in [6.45, 7) is 2.85. The Morgan fingerprint density at radius 1 is 1.21 bits per heavy atom. The lowest BCUT2D eigenvalue weighted by atomic mass is 10.0. The summed E-state index contributed by atoms with van der Waals surface area (Å²) < 4.78 is 41.3. The molecule has 174 valence electrons. The molecule has 6 nitrogen and oxygen atoms in total. The Bertz CT molecular complexity index is 1240. The zero-order valence-corrected chi connectivity index (χ0v) is 20.0. The summed E-state index contributed by atoms with van der Waals surface area (Å²) in [4.78, 5) is 17.6. The maximum absolute atomic E-state index is 13.6. The molecule has 9 heteroatoms. The molecule has 1 N–H and O–H groups in total. The van der Waals surface area contributed by atoms with Gasteiger partial charge in [0.2, 0.25) is 15.8 Å². The molecule has 1 atom stereocenters. The number of aryl methyl sites for hydroxylation is 1. The minimum absolute atomic E-state index is 0.0124. The van der Waals surface area contributed by atoms with Crippen molar-refractivity contribution in [3.8, 4) is 0 Å². The second-order valence-electron chi connectivity index (χ2n) is 8.11. The number of benzene rings is 2. The van der Waals surface area contributed by atoms with Crippen molar-refractivity contribution in [3.05, 3.63) is 76.5 Å². The van der Waals surface area contributed by atoms with Crippen LogP contribution in [0.1, 0.15) is 46.5 Å². The number of carbonyl (C=O) groups is 1. The van der Waals surface area contributed by atoms with E-state index in [1.807, 2.05) is 25.1 Å². The number of nitrogens with zero attached hydrogens (tertiary/aromatic N) is 2. The van der Waals surface area contributed by atoms with Crippen molar-refractivity contribution in [2.75, 3.05) is 18.4 Å². The molecule has 0 spiro atoms.